The van der Waals surface area contributed by atoms with Gasteiger partial charge in [0.2, 0.25) is 10.0 Å². The highest BCUT2D eigenvalue weighted by Gasteiger charge is 2.25. The Morgan fingerprint density at radius 2 is 1.88 bits per heavy atom. The van der Waals surface area contributed by atoms with Crippen LogP contribution in [0.25, 0.3) is 0 Å². The van der Waals surface area contributed by atoms with Crippen molar-refractivity contribution in [2.75, 3.05) is 5.73 Å². The molecule has 0 bridgehead atoms. The summed E-state index contributed by atoms with van der Waals surface area (Å²) in [5.41, 5.74) is 8.70. The van der Waals surface area contributed by atoms with Crippen molar-refractivity contribution in [3.63, 3.8) is 0 Å². The topological polar surface area (TPSA) is 81.4 Å². The van der Waals surface area contributed by atoms with Gasteiger partial charge in [0, 0.05) is 11.7 Å². The number of nitrogens with one attached hydrogen (secondary N) is 1. The molecule has 1 unspecified atom stereocenters. The van der Waals surface area contributed by atoms with Crippen LogP contribution in [0.1, 0.15) is 43.9 Å². The first-order chi connectivity index (χ1) is 11.8. The van der Waals surface area contributed by atoms with Crippen molar-refractivity contribution < 1.29 is 13.2 Å². The van der Waals surface area contributed by atoms with Gasteiger partial charge in [-0.1, -0.05) is 6.07 Å². The predicted octanol–water partition coefficient (Wildman–Crippen LogP) is 3.41. The van der Waals surface area contributed by atoms with Gasteiger partial charge in [-0.3, -0.25) is 0 Å². The molecule has 25 heavy (non-hydrogen) atoms. The fourth-order valence-electron chi connectivity index (χ4n) is 3.18. The van der Waals surface area contributed by atoms with Crippen LogP contribution in [0.15, 0.2) is 47.4 Å². The van der Waals surface area contributed by atoms with Crippen molar-refractivity contribution >= 4 is 15.7 Å². The van der Waals surface area contributed by atoms with Crippen molar-refractivity contribution in [1.29, 1.82) is 0 Å². The Bertz CT molecular complexity index is 845. The number of sulfonamides is 1. The maximum absolute atomic E-state index is 12.7. The molecule has 0 amide bonds. The van der Waals surface area contributed by atoms with Crippen LogP contribution in [-0.2, 0) is 16.4 Å². The molecule has 6 heteroatoms. The second-order valence-electron chi connectivity index (χ2n) is 6.66. The normalized spacial score (nSPS) is 17.3. The molecule has 1 aliphatic rings. The highest BCUT2D eigenvalue weighted by molar-refractivity contribution is 7.89. The molecule has 0 saturated carbocycles. The number of benzene rings is 2. The Balaban J connectivity index is 1.81. The molecule has 0 aliphatic heterocycles. The zero-order chi connectivity index (χ0) is 18.0. The molecule has 2 aromatic carbocycles. The van der Waals surface area contributed by atoms with Gasteiger partial charge in [0.05, 0.1) is 11.0 Å². The molecule has 1 atom stereocenters. The quantitative estimate of drug-likeness (QED) is 0.801. The minimum absolute atomic E-state index is 0.0479. The van der Waals surface area contributed by atoms with Crippen LogP contribution >= 0.6 is 0 Å². The summed E-state index contributed by atoms with van der Waals surface area (Å²) in [6.07, 6.45) is 2.70. The Hall–Kier alpha value is -2.05. The monoisotopic (exact) mass is 360 g/mol. The Kier molecular flexibility index (Phi) is 5.01. The van der Waals surface area contributed by atoms with Crippen LogP contribution in [0.2, 0.25) is 0 Å². The van der Waals surface area contributed by atoms with E-state index in [-0.39, 0.29) is 17.0 Å². The molecule has 3 rings (SSSR count). The second-order valence-corrected chi connectivity index (χ2v) is 8.38. The molecular weight excluding hydrogens is 336 g/mol. The molecule has 0 radical (unpaired) electrons. The highest BCUT2D eigenvalue weighted by atomic mass is 32.2. The lowest BCUT2D eigenvalue weighted by Gasteiger charge is -2.26. The number of nitrogen functional groups attached to an aromatic ring is 1. The maximum atomic E-state index is 12.7. The average molecular weight is 360 g/mol. The van der Waals surface area contributed by atoms with Gasteiger partial charge in [-0.15, -0.1) is 0 Å². The smallest absolute Gasteiger partial charge is 0.241 e. The summed E-state index contributed by atoms with van der Waals surface area (Å²) in [6, 6.07) is 12.0. The average Bonchev–Trinajstić information content (AvgIpc) is 2.54. The van der Waals surface area contributed by atoms with Gasteiger partial charge < -0.3 is 10.5 Å². The molecule has 1 aliphatic carbocycles. The standard InChI is InChI=1S/C19H24N2O3S/c1-13(2)24-16-7-9-17(10-8-16)25(22,23)21-19-5-3-4-14-12-15(20)6-11-18(14)19/h6-13,19,21H,3-5,20H2,1-2H3. The van der Waals surface area contributed by atoms with Gasteiger partial charge in [0.15, 0.2) is 0 Å². The van der Waals surface area contributed by atoms with Crippen LogP contribution in [0.4, 0.5) is 5.69 Å². The van der Waals surface area contributed by atoms with E-state index >= 15 is 0 Å². The molecular formula is C19H24N2O3S. The van der Waals surface area contributed by atoms with Crippen LogP contribution in [0.3, 0.4) is 0 Å². The van der Waals surface area contributed by atoms with E-state index in [0.29, 0.717) is 11.4 Å². The molecule has 134 valence electrons. The minimum atomic E-state index is -3.59. The summed E-state index contributed by atoms with van der Waals surface area (Å²) in [5.74, 6) is 0.660. The van der Waals surface area contributed by atoms with Crippen molar-refractivity contribution in [3.8, 4) is 5.75 Å². The number of hydrogen-bond donors (Lipinski definition) is 2. The summed E-state index contributed by atoms with van der Waals surface area (Å²) >= 11 is 0. The van der Waals surface area contributed by atoms with Crippen molar-refractivity contribution in [1.82, 2.24) is 4.72 Å². The second kappa shape index (κ2) is 7.06. The number of fused-ring (bicyclic) bond motifs is 1. The molecule has 0 saturated heterocycles. The van der Waals surface area contributed by atoms with E-state index in [2.05, 4.69) is 4.72 Å². The van der Waals surface area contributed by atoms with Crippen LogP contribution < -0.4 is 15.2 Å². The van der Waals surface area contributed by atoms with Gasteiger partial charge in [-0.05, 0) is 80.6 Å². The van der Waals surface area contributed by atoms with Crippen LogP contribution in [0.5, 0.6) is 5.75 Å². The minimum Gasteiger partial charge on any atom is -0.491 e. The first kappa shape index (κ1) is 17.8. The number of nitrogens with two attached hydrogens (primary N) is 1. The number of ether oxygens (including phenoxy) is 1. The molecule has 2 aromatic rings. The van der Waals surface area contributed by atoms with E-state index in [0.717, 1.165) is 30.4 Å². The SMILES string of the molecule is CC(C)Oc1ccc(S(=O)(=O)NC2CCCc3cc(N)ccc32)cc1. The van der Waals surface area contributed by atoms with Crippen molar-refractivity contribution in [2.45, 2.75) is 50.2 Å². The zero-order valence-electron chi connectivity index (χ0n) is 14.5. The first-order valence-corrected chi connectivity index (χ1v) is 10.0. The van der Waals surface area contributed by atoms with E-state index in [1.807, 2.05) is 32.0 Å². The summed E-state index contributed by atoms with van der Waals surface area (Å²) in [5, 5.41) is 0. The van der Waals surface area contributed by atoms with Gasteiger partial charge in [0.1, 0.15) is 5.75 Å². The zero-order valence-corrected chi connectivity index (χ0v) is 15.3. The van der Waals surface area contributed by atoms with E-state index in [1.54, 1.807) is 24.3 Å². The number of anilines is 1. The fourth-order valence-corrected chi connectivity index (χ4v) is 4.43. The Morgan fingerprint density at radius 1 is 1.16 bits per heavy atom. The van der Waals surface area contributed by atoms with Gasteiger partial charge in [-0.25, -0.2) is 13.1 Å². The van der Waals surface area contributed by atoms with Crippen LogP contribution in [-0.4, -0.2) is 14.5 Å². The lowest BCUT2D eigenvalue weighted by atomic mass is 9.88. The van der Waals surface area contributed by atoms with Gasteiger partial charge >= 0.3 is 0 Å². The third-order valence-electron chi connectivity index (χ3n) is 4.28. The number of hydrogen-bond acceptors (Lipinski definition) is 4. The largest absolute Gasteiger partial charge is 0.491 e. The van der Waals surface area contributed by atoms with Gasteiger partial charge in [0.25, 0.3) is 0 Å². The molecule has 3 N–H and O–H groups in total. The third kappa shape index (κ3) is 4.14. The molecule has 0 aromatic heterocycles. The van der Waals surface area contributed by atoms with E-state index in [1.165, 1.54) is 0 Å². The molecule has 0 spiro atoms. The molecule has 5 nitrogen and oxygen atoms in total. The van der Waals surface area contributed by atoms with E-state index in [4.69, 9.17) is 10.5 Å². The first-order valence-electron chi connectivity index (χ1n) is 8.52. The fraction of sp³-hybridized carbons (Fsp3) is 0.368. The van der Waals surface area contributed by atoms with Gasteiger partial charge in [-0.2, -0.15) is 0 Å². The van der Waals surface area contributed by atoms with Crippen molar-refractivity contribution in [2.24, 2.45) is 0 Å². The number of rotatable bonds is 5. The predicted molar refractivity (Wildman–Crippen MR) is 99.1 cm³/mol. The summed E-state index contributed by atoms with van der Waals surface area (Å²) in [6.45, 7) is 3.86. The summed E-state index contributed by atoms with van der Waals surface area (Å²) in [7, 11) is -3.59. The highest BCUT2D eigenvalue weighted by Crippen LogP contribution is 2.32. The maximum Gasteiger partial charge on any atom is 0.241 e. The summed E-state index contributed by atoms with van der Waals surface area (Å²) < 4.78 is 33.9. The Labute approximate surface area is 149 Å². The lowest BCUT2D eigenvalue weighted by Crippen LogP contribution is -2.31. The van der Waals surface area contributed by atoms with Crippen molar-refractivity contribution in [3.05, 3.63) is 53.6 Å². The lowest BCUT2D eigenvalue weighted by molar-refractivity contribution is 0.242. The van der Waals surface area contributed by atoms with E-state index < -0.39 is 10.0 Å². The molecule has 0 fully saturated rings. The van der Waals surface area contributed by atoms with Crippen LogP contribution in [0, 0.1) is 0 Å². The summed E-state index contributed by atoms with van der Waals surface area (Å²) in [4.78, 5) is 0.242. The molecule has 0 heterocycles. The third-order valence-corrected chi connectivity index (χ3v) is 5.77. The van der Waals surface area contributed by atoms with E-state index in [9.17, 15) is 8.42 Å². The number of aryl methyl sites for hydroxylation is 1. The Morgan fingerprint density at radius 3 is 2.56 bits per heavy atom.